The fourth-order valence-electron chi connectivity index (χ4n) is 3.10. The molecule has 1 N–H and O–H groups in total. The summed E-state index contributed by atoms with van der Waals surface area (Å²) in [6, 6.07) is 16.9. The van der Waals surface area contributed by atoms with E-state index in [1.807, 2.05) is 26.0 Å². The Morgan fingerprint density at radius 2 is 1.87 bits per heavy atom. The van der Waals surface area contributed by atoms with Gasteiger partial charge in [0.05, 0.1) is 11.4 Å². The summed E-state index contributed by atoms with van der Waals surface area (Å²) in [7, 11) is 0. The first kappa shape index (κ1) is 20.0. The molecule has 0 aliphatic carbocycles. The Balaban J connectivity index is 1.89. The van der Waals surface area contributed by atoms with Gasteiger partial charge >= 0.3 is 0 Å². The Kier molecular flexibility index (Phi) is 5.50. The van der Waals surface area contributed by atoms with Crippen molar-refractivity contribution < 1.29 is 9.18 Å². The molecule has 30 heavy (non-hydrogen) atoms. The average Bonchev–Trinajstić information content (AvgIpc) is 3.17. The van der Waals surface area contributed by atoms with E-state index in [-0.39, 0.29) is 11.9 Å². The number of nitrogens with zero attached hydrogens (tertiary/aromatic N) is 3. The van der Waals surface area contributed by atoms with Crippen molar-refractivity contribution >= 4 is 23.2 Å². The largest absolute Gasteiger partial charge is 0.348 e. The minimum Gasteiger partial charge on any atom is -0.348 e. The Morgan fingerprint density at radius 1 is 1.13 bits per heavy atom. The van der Waals surface area contributed by atoms with Gasteiger partial charge in [-0.05, 0) is 43.7 Å². The van der Waals surface area contributed by atoms with Crippen molar-refractivity contribution in [3.8, 4) is 22.5 Å². The van der Waals surface area contributed by atoms with Gasteiger partial charge in [-0.15, -0.1) is 0 Å². The molecule has 0 fully saturated rings. The van der Waals surface area contributed by atoms with Crippen LogP contribution in [0.15, 0.2) is 60.7 Å². The molecule has 1 amide bonds. The number of halogens is 2. The van der Waals surface area contributed by atoms with E-state index < -0.39 is 5.82 Å². The summed E-state index contributed by atoms with van der Waals surface area (Å²) in [5.41, 5.74) is 2.92. The van der Waals surface area contributed by atoms with Gasteiger partial charge in [0, 0.05) is 28.3 Å². The number of hydrogen-bond acceptors (Lipinski definition) is 3. The molecule has 2 heterocycles. The fourth-order valence-corrected chi connectivity index (χ4v) is 3.23. The van der Waals surface area contributed by atoms with Crippen LogP contribution in [-0.2, 0) is 0 Å². The molecule has 0 spiro atoms. The molecule has 7 heteroatoms. The number of amides is 1. The van der Waals surface area contributed by atoms with Crippen molar-refractivity contribution in [1.29, 1.82) is 0 Å². The lowest BCUT2D eigenvalue weighted by Crippen LogP contribution is -2.33. The zero-order chi connectivity index (χ0) is 21.3. The Bertz CT molecular complexity index is 1220. The molecule has 0 radical (unpaired) electrons. The molecule has 1 unspecified atom stereocenters. The van der Waals surface area contributed by atoms with Crippen LogP contribution in [0, 0.1) is 5.82 Å². The van der Waals surface area contributed by atoms with Crippen molar-refractivity contribution in [3.63, 3.8) is 0 Å². The first-order valence-electron chi connectivity index (χ1n) is 9.68. The molecular formula is C23H20ClFN4O. The van der Waals surface area contributed by atoms with Crippen molar-refractivity contribution in [2.24, 2.45) is 0 Å². The SMILES string of the molecule is CCC(C)NC(=O)c1cc(-c2ccccc2F)nc2cc(-c3ccc(Cl)cc3)nn12. The highest BCUT2D eigenvalue weighted by Crippen LogP contribution is 2.26. The molecule has 0 saturated carbocycles. The van der Waals surface area contributed by atoms with Gasteiger partial charge in [0.2, 0.25) is 0 Å². The maximum atomic E-state index is 14.4. The highest BCUT2D eigenvalue weighted by Gasteiger charge is 2.19. The predicted molar refractivity (Wildman–Crippen MR) is 116 cm³/mol. The van der Waals surface area contributed by atoms with Gasteiger partial charge < -0.3 is 5.32 Å². The summed E-state index contributed by atoms with van der Waals surface area (Å²) in [4.78, 5) is 17.5. The highest BCUT2D eigenvalue weighted by molar-refractivity contribution is 6.30. The van der Waals surface area contributed by atoms with Crippen LogP contribution < -0.4 is 5.32 Å². The van der Waals surface area contributed by atoms with Crippen LogP contribution >= 0.6 is 11.6 Å². The van der Waals surface area contributed by atoms with E-state index in [1.165, 1.54) is 10.6 Å². The minimum absolute atomic E-state index is 0.0103. The van der Waals surface area contributed by atoms with Gasteiger partial charge in [0.1, 0.15) is 11.5 Å². The van der Waals surface area contributed by atoms with Crippen LogP contribution in [0.2, 0.25) is 5.02 Å². The molecule has 4 aromatic rings. The summed E-state index contributed by atoms with van der Waals surface area (Å²) in [5, 5.41) is 8.15. The quantitative estimate of drug-likeness (QED) is 0.469. The first-order valence-corrected chi connectivity index (χ1v) is 10.1. The molecule has 0 saturated heterocycles. The number of carbonyl (C=O) groups is 1. The number of fused-ring (bicyclic) bond motifs is 1. The molecule has 0 aliphatic rings. The molecule has 1 atom stereocenters. The number of aromatic nitrogens is 3. The van der Waals surface area contributed by atoms with Gasteiger partial charge in [0.15, 0.2) is 5.65 Å². The van der Waals surface area contributed by atoms with Gasteiger partial charge in [0.25, 0.3) is 5.91 Å². The third-order valence-electron chi connectivity index (χ3n) is 4.94. The minimum atomic E-state index is -0.403. The van der Waals surface area contributed by atoms with Gasteiger partial charge in [-0.2, -0.15) is 5.10 Å². The zero-order valence-corrected chi connectivity index (χ0v) is 17.3. The fraction of sp³-hybridized carbons (Fsp3) is 0.174. The van der Waals surface area contributed by atoms with E-state index >= 15 is 0 Å². The monoisotopic (exact) mass is 422 g/mol. The number of nitrogens with one attached hydrogen (secondary N) is 1. The first-order chi connectivity index (χ1) is 14.5. The van der Waals surface area contributed by atoms with Crippen LogP contribution in [0.5, 0.6) is 0 Å². The summed E-state index contributed by atoms with van der Waals surface area (Å²) < 4.78 is 15.9. The van der Waals surface area contributed by atoms with Crippen molar-refractivity contribution in [1.82, 2.24) is 19.9 Å². The molecular weight excluding hydrogens is 403 g/mol. The lowest BCUT2D eigenvalue weighted by Gasteiger charge is -2.13. The lowest BCUT2D eigenvalue weighted by molar-refractivity contribution is 0.0931. The van der Waals surface area contributed by atoms with E-state index in [2.05, 4.69) is 15.4 Å². The van der Waals surface area contributed by atoms with Crippen LogP contribution in [0.4, 0.5) is 4.39 Å². The number of hydrogen-bond donors (Lipinski definition) is 1. The Labute approximate surface area is 178 Å². The highest BCUT2D eigenvalue weighted by atomic mass is 35.5. The van der Waals surface area contributed by atoms with Gasteiger partial charge in [-0.1, -0.05) is 42.8 Å². The third kappa shape index (κ3) is 3.91. The van der Waals surface area contributed by atoms with E-state index in [4.69, 9.17) is 11.6 Å². The van der Waals surface area contributed by atoms with E-state index in [0.29, 0.717) is 33.3 Å². The Hall–Kier alpha value is -3.25. The maximum Gasteiger partial charge on any atom is 0.270 e. The lowest BCUT2D eigenvalue weighted by atomic mass is 10.1. The second kappa shape index (κ2) is 8.24. The summed E-state index contributed by atoms with van der Waals surface area (Å²) in [6.07, 6.45) is 0.787. The van der Waals surface area contributed by atoms with E-state index in [0.717, 1.165) is 12.0 Å². The smallest absolute Gasteiger partial charge is 0.270 e. The van der Waals surface area contributed by atoms with E-state index in [1.54, 1.807) is 42.5 Å². The molecule has 2 aromatic heterocycles. The van der Waals surface area contributed by atoms with Crippen LogP contribution in [0.25, 0.3) is 28.2 Å². The second-order valence-corrected chi connectivity index (χ2v) is 7.53. The molecule has 5 nitrogen and oxygen atoms in total. The van der Waals surface area contributed by atoms with Crippen molar-refractivity contribution in [3.05, 3.63) is 77.2 Å². The summed E-state index contributed by atoms with van der Waals surface area (Å²) >= 11 is 5.98. The molecule has 4 rings (SSSR count). The summed E-state index contributed by atoms with van der Waals surface area (Å²) in [6.45, 7) is 3.92. The molecule has 0 bridgehead atoms. The standard InChI is InChI=1S/C23H20ClFN4O/c1-3-14(2)26-23(30)21-12-20(17-6-4-5-7-18(17)25)27-22-13-19(28-29(21)22)15-8-10-16(24)11-9-15/h4-14H,3H2,1-2H3,(H,26,30). The summed E-state index contributed by atoms with van der Waals surface area (Å²) in [5.74, 6) is -0.694. The molecule has 0 aliphatic heterocycles. The van der Waals surface area contributed by atoms with Gasteiger partial charge in [-0.3, -0.25) is 4.79 Å². The maximum absolute atomic E-state index is 14.4. The van der Waals surface area contributed by atoms with Crippen molar-refractivity contribution in [2.45, 2.75) is 26.3 Å². The van der Waals surface area contributed by atoms with Crippen LogP contribution in [0.3, 0.4) is 0 Å². The van der Waals surface area contributed by atoms with Crippen LogP contribution in [-0.4, -0.2) is 26.5 Å². The third-order valence-corrected chi connectivity index (χ3v) is 5.19. The normalized spacial score (nSPS) is 12.1. The molecule has 2 aromatic carbocycles. The number of rotatable bonds is 5. The number of carbonyl (C=O) groups excluding carboxylic acids is 1. The average molecular weight is 423 g/mol. The second-order valence-electron chi connectivity index (χ2n) is 7.10. The van der Waals surface area contributed by atoms with Crippen molar-refractivity contribution in [2.75, 3.05) is 0 Å². The topological polar surface area (TPSA) is 59.3 Å². The zero-order valence-electron chi connectivity index (χ0n) is 16.6. The Morgan fingerprint density at radius 3 is 2.57 bits per heavy atom. The van der Waals surface area contributed by atoms with Crippen LogP contribution in [0.1, 0.15) is 30.8 Å². The number of benzene rings is 2. The van der Waals surface area contributed by atoms with E-state index in [9.17, 15) is 9.18 Å². The van der Waals surface area contributed by atoms with Gasteiger partial charge in [-0.25, -0.2) is 13.9 Å². The predicted octanol–water partition coefficient (Wildman–Crippen LogP) is 5.38. The molecule has 152 valence electrons.